The van der Waals surface area contributed by atoms with Crippen LogP contribution in [0.5, 0.6) is 11.8 Å². The minimum Gasteiger partial charge on any atom is -0.476 e. The predicted octanol–water partition coefficient (Wildman–Crippen LogP) is 2.43. The van der Waals surface area contributed by atoms with Crippen molar-refractivity contribution in [2.24, 2.45) is 0 Å². The number of hydrogen-bond acceptors (Lipinski definition) is 5. The SMILES string of the molecule is CCc1nc(C)ccc1Oc1nc(C(=O)O)co1. The summed E-state index contributed by atoms with van der Waals surface area (Å²) in [7, 11) is 0. The van der Waals surface area contributed by atoms with Crippen molar-refractivity contribution in [2.45, 2.75) is 20.3 Å². The van der Waals surface area contributed by atoms with Crippen LogP contribution in [-0.2, 0) is 6.42 Å². The van der Waals surface area contributed by atoms with E-state index in [1.54, 1.807) is 12.1 Å². The first kappa shape index (κ1) is 12.1. The fourth-order valence-electron chi connectivity index (χ4n) is 1.44. The summed E-state index contributed by atoms with van der Waals surface area (Å²) >= 11 is 0. The molecule has 0 bridgehead atoms. The number of aromatic nitrogens is 2. The van der Waals surface area contributed by atoms with Crippen LogP contribution in [0.3, 0.4) is 0 Å². The van der Waals surface area contributed by atoms with Crippen LogP contribution in [0.15, 0.2) is 22.8 Å². The molecule has 0 amide bonds. The number of hydrogen-bond donors (Lipinski definition) is 1. The Kier molecular flexibility index (Phi) is 3.27. The van der Waals surface area contributed by atoms with Gasteiger partial charge in [-0.05, 0) is 25.5 Å². The lowest BCUT2D eigenvalue weighted by Gasteiger charge is -2.06. The molecular formula is C12H12N2O4. The van der Waals surface area contributed by atoms with E-state index in [-0.39, 0.29) is 11.8 Å². The molecule has 0 aliphatic rings. The smallest absolute Gasteiger partial charge is 0.399 e. The molecule has 0 saturated carbocycles. The number of rotatable bonds is 4. The van der Waals surface area contributed by atoms with Crippen LogP contribution in [-0.4, -0.2) is 21.0 Å². The summed E-state index contributed by atoms with van der Waals surface area (Å²) in [5.41, 5.74) is 1.46. The summed E-state index contributed by atoms with van der Waals surface area (Å²) in [6, 6.07) is 3.56. The summed E-state index contributed by atoms with van der Waals surface area (Å²) in [5.74, 6) is -0.645. The number of ether oxygens (including phenoxy) is 1. The van der Waals surface area contributed by atoms with E-state index < -0.39 is 5.97 Å². The summed E-state index contributed by atoms with van der Waals surface area (Å²) in [6.07, 6.45) is 1.63. The molecule has 0 aromatic carbocycles. The van der Waals surface area contributed by atoms with Crippen LogP contribution in [0, 0.1) is 6.92 Å². The second-order valence-corrected chi connectivity index (χ2v) is 3.66. The highest BCUT2D eigenvalue weighted by Gasteiger charge is 2.13. The van der Waals surface area contributed by atoms with Gasteiger partial charge in [-0.2, -0.15) is 4.98 Å². The maximum absolute atomic E-state index is 10.6. The largest absolute Gasteiger partial charge is 0.476 e. The van der Waals surface area contributed by atoms with Gasteiger partial charge in [0.2, 0.25) is 0 Å². The summed E-state index contributed by atoms with van der Waals surface area (Å²) < 4.78 is 10.3. The number of carboxylic acid groups (broad SMARTS) is 1. The second kappa shape index (κ2) is 4.87. The van der Waals surface area contributed by atoms with Crippen LogP contribution < -0.4 is 4.74 Å². The van der Waals surface area contributed by atoms with Gasteiger partial charge in [0, 0.05) is 5.69 Å². The number of pyridine rings is 1. The van der Waals surface area contributed by atoms with Gasteiger partial charge in [-0.1, -0.05) is 6.92 Å². The molecule has 0 atom stereocenters. The van der Waals surface area contributed by atoms with E-state index in [4.69, 9.17) is 14.3 Å². The molecule has 2 aromatic rings. The third kappa shape index (κ3) is 2.48. The number of carbonyl (C=O) groups is 1. The Morgan fingerprint density at radius 1 is 1.44 bits per heavy atom. The van der Waals surface area contributed by atoms with Crippen molar-refractivity contribution in [3.05, 3.63) is 35.5 Å². The molecule has 0 saturated heterocycles. The van der Waals surface area contributed by atoms with Gasteiger partial charge in [-0.15, -0.1) is 0 Å². The van der Waals surface area contributed by atoms with E-state index in [1.165, 1.54) is 0 Å². The fourth-order valence-corrected chi connectivity index (χ4v) is 1.44. The molecule has 6 nitrogen and oxygen atoms in total. The monoisotopic (exact) mass is 248 g/mol. The zero-order valence-corrected chi connectivity index (χ0v) is 10.0. The summed E-state index contributed by atoms with van der Waals surface area (Å²) in [6.45, 7) is 3.84. The minimum atomic E-state index is -1.16. The molecule has 0 aliphatic carbocycles. The Morgan fingerprint density at radius 3 is 2.83 bits per heavy atom. The molecule has 0 fully saturated rings. The van der Waals surface area contributed by atoms with Gasteiger partial charge in [-0.3, -0.25) is 4.98 Å². The van der Waals surface area contributed by atoms with E-state index >= 15 is 0 Å². The maximum atomic E-state index is 10.6. The van der Waals surface area contributed by atoms with E-state index in [9.17, 15) is 4.79 Å². The first-order chi connectivity index (χ1) is 8.60. The topological polar surface area (TPSA) is 85.5 Å². The Labute approximate surface area is 103 Å². The zero-order chi connectivity index (χ0) is 13.1. The van der Waals surface area contributed by atoms with E-state index in [1.807, 2.05) is 13.8 Å². The van der Waals surface area contributed by atoms with Crippen LogP contribution >= 0.6 is 0 Å². The number of oxazole rings is 1. The van der Waals surface area contributed by atoms with E-state index in [0.29, 0.717) is 12.2 Å². The van der Waals surface area contributed by atoms with Crippen LogP contribution in [0.4, 0.5) is 0 Å². The van der Waals surface area contributed by atoms with E-state index in [0.717, 1.165) is 17.7 Å². The molecule has 94 valence electrons. The molecule has 2 aromatic heterocycles. The lowest BCUT2D eigenvalue weighted by atomic mass is 10.2. The van der Waals surface area contributed by atoms with Crippen molar-refractivity contribution >= 4 is 5.97 Å². The lowest BCUT2D eigenvalue weighted by molar-refractivity contribution is 0.0690. The highest BCUT2D eigenvalue weighted by molar-refractivity contribution is 5.84. The Hall–Kier alpha value is -2.37. The maximum Gasteiger partial charge on any atom is 0.399 e. The quantitative estimate of drug-likeness (QED) is 0.894. The van der Waals surface area contributed by atoms with Gasteiger partial charge in [-0.25, -0.2) is 4.79 Å². The molecule has 0 unspecified atom stereocenters. The summed E-state index contributed by atoms with van der Waals surface area (Å²) in [5, 5.41) is 8.71. The third-order valence-electron chi connectivity index (χ3n) is 2.31. The number of aryl methyl sites for hydroxylation is 2. The highest BCUT2D eigenvalue weighted by Crippen LogP contribution is 2.24. The van der Waals surface area contributed by atoms with Crippen molar-refractivity contribution in [2.75, 3.05) is 0 Å². The number of carboxylic acids is 1. The van der Waals surface area contributed by atoms with Crippen LogP contribution in [0.25, 0.3) is 0 Å². The first-order valence-electron chi connectivity index (χ1n) is 5.43. The molecule has 6 heteroatoms. The molecule has 0 radical (unpaired) electrons. The second-order valence-electron chi connectivity index (χ2n) is 3.66. The van der Waals surface area contributed by atoms with Gasteiger partial charge in [0.25, 0.3) is 0 Å². The molecule has 2 rings (SSSR count). The number of aromatic carboxylic acids is 1. The third-order valence-corrected chi connectivity index (χ3v) is 2.31. The van der Waals surface area contributed by atoms with E-state index in [2.05, 4.69) is 9.97 Å². The van der Waals surface area contributed by atoms with Gasteiger partial charge in [0.1, 0.15) is 6.26 Å². The van der Waals surface area contributed by atoms with Gasteiger partial charge in [0.05, 0.1) is 5.69 Å². The van der Waals surface area contributed by atoms with Crippen LogP contribution in [0.1, 0.15) is 28.8 Å². The Balaban J connectivity index is 2.25. The van der Waals surface area contributed by atoms with Gasteiger partial charge < -0.3 is 14.3 Å². The molecule has 0 spiro atoms. The molecule has 2 heterocycles. The minimum absolute atomic E-state index is 0.104. The van der Waals surface area contributed by atoms with Crippen LogP contribution in [0.2, 0.25) is 0 Å². The highest BCUT2D eigenvalue weighted by atomic mass is 16.6. The predicted molar refractivity (Wildman–Crippen MR) is 61.9 cm³/mol. The average molecular weight is 248 g/mol. The lowest BCUT2D eigenvalue weighted by Crippen LogP contribution is -1.98. The Morgan fingerprint density at radius 2 is 2.22 bits per heavy atom. The molecular weight excluding hydrogens is 236 g/mol. The van der Waals surface area contributed by atoms with Gasteiger partial charge >= 0.3 is 12.0 Å². The number of nitrogens with zero attached hydrogens (tertiary/aromatic N) is 2. The molecule has 0 aliphatic heterocycles. The van der Waals surface area contributed by atoms with Crippen molar-refractivity contribution < 1.29 is 19.1 Å². The van der Waals surface area contributed by atoms with Crippen molar-refractivity contribution in [3.63, 3.8) is 0 Å². The average Bonchev–Trinajstić information content (AvgIpc) is 2.80. The molecule has 18 heavy (non-hydrogen) atoms. The normalized spacial score (nSPS) is 10.3. The van der Waals surface area contributed by atoms with Crippen molar-refractivity contribution in [3.8, 4) is 11.8 Å². The first-order valence-corrected chi connectivity index (χ1v) is 5.43. The zero-order valence-electron chi connectivity index (χ0n) is 10.0. The fraction of sp³-hybridized carbons (Fsp3) is 0.250. The molecule has 1 N–H and O–H groups in total. The summed E-state index contributed by atoms with van der Waals surface area (Å²) in [4.78, 5) is 18.6. The van der Waals surface area contributed by atoms with Crippen molar-refractivity contribution in [1.82, 2.24) is 9.97 Å². The standard InChI is InChI=1S/C12H12N2O4/c1-3-8-10(5-4-7(2)13-8)18-12-14-9(6-17-12)11(15)16/h4-6H,3H2,1-2H3,(H,15,16). The Bertz CT molecular complexity index is 577. The van der Waals surface area contributed by atoms with Crippen molar-refractivity contribution in [1.29, 1.82) is 0 Å². The van der Waals surface area contributed by atoms with Gasteiger partial charge in [0.15, 0.2) is 11.4 Å².